The van der Waals surface area contributed by atoms with Crippen molar-refractivity contribution in [1.29, 1.82) is 0 Å². The second-order valence-corrected chi connectivity index (χ2v) is 4.17. The zero-order chi connectivity index (χ0) is 13.7. The molecule has 0 saturated carbocycles. The molecule has 0 fully saturated rings. The van der Waals surface area contributed by atoms with Gasteiger partial charge >= 0.3 is 0 Å². The number of rotatable bonds is 5. The van der Waals surface area contributed by atoms with Crippen LogP contribution in [0.5, 0.6) is 11.5 Å². The van der Waals surface area contributed by atoms with Crippen molar-refractivity contribution in [2.75, 3.05) is 18.9 Å². The molecule has 0 radical (unpaired) electrons. The molecule has 2 aromatic rings. The highest BCUT2D eigenvalue weighted by Crippen LogP contribution is 2.19. The molecule has 0 saturated heterocycles. The maximum atomic E-state index is 12.9. The van der Waals surface area contributed by atoms with E-state index in [1.54, 1.807) is 18.2 Å². The van der Waals surface area contributed by atoms with Gasteiger partial charge in [0.1, 0.15) is 30.5 Å². The van der Waals surface area contributed by atoms with Gasteiger partial charge < -0.3 is 15.2 Å². The topological polar surface area (TPSA) is 44.5 Å². The molecule has 0 aromatic heterocycles. The average Bonchev–Trinajstić information content (AvgIpc) is 2.39. The molecular weight excluding hydrogens is 245 g/mol. The summed E-state index contributed by atoms with van der Waals surface area (Å²) in [5, 5.41) is 0. The number of hydrogen-bond acceptors (Lipinski definition) is 3. The molecule has 4 heteroatoms. The van der Waals surface area contributed by atoms with Gasteiger partial charge in [0.05, 0.1) is 0 Å². The van der Waals surface area contributed by atoms with E-state index < -0.39 is 0 Å². The fourth-order valence-corrected chi connectivity index (χ4v) is 1.58. The number of halogens is 1. The molecule has 0 heterocycles. The van der Waals surface area contributed by atoms with Crippen LogP contribution in [0.3, 0.4) is 0 Å². The van der Waals surface area contributed by atoms with Crippen molar-refractivity contribution in [3.8, 4) is 11.5 Å². The standard InChI is InChI=1S/C15H16FNO2/c1-11-5-6-14(10-15(11)17)19-8-7-18-13-4-2-3-12(16)9-13/h2-6,9-10H,7-8,17H2,1H3. The van der Waals surface area contributed by atoms with E-state index in [1.165, 1.54) is 12.1 Å². The fourth-order valence-electron chi connectivity index (χ4n) is 1.58. The molecule has 0 unspecified atom stereocenters. The van der Waals surface area contributed by atoms with Crippen molar-refractivity contribution in [1.82, 2.24) is 0 Å². The highest BCUT2D eigenvalue weighted by atomic mass is 19.1. The van der Waals surface area contributed by atoms with Crippen LogP contribution in [0.2, 0.25) is 0 Å². The van der Waals surface area contributed by atoms with Gasteiger partial charge in [0.25, 0.3) is 0 Å². The number of benzene rings is 2. The summed E-state index contributed by atoms with van der Waals surface area (Å²) in [5.74, 6) is 0.877. The molecule has 0 aliphatic heterocycles. The Labute approximate surface area is 111 Å². The van der Waals surface area contributed by atoms with Gasteiger partial charge in [-0.2, -0.15) is 0 Å². The van der Waals surface area contributed by atoms with Crippen LogP contribution >= 0.6 is 0 Å². The molecule has 0 spiro atoms. The van der Waals surface area contributed by atoms with Crippen LogP contribution in [-0.2, 0) is 0 Å². The molecule has 0 aliphatic rings. The molecule has 0 atom stereocenters. The minimum atomic E-state index is -0.315. The quantitative estimate of drug-likeness (QED) is 0.664. The normalized spacial score (nSPS) is 10.2. The first-order valence-electron chi connectivity index (χ1n) is 6.02. The Hall–Kier alpha value is -2.23. The van der Waals surface area contributed by atoms with E-state index >= 15 is 0 Å². The maximum absolute atomic E-state index is 12.9. The van der Waals surface area contributed by atoms with E-state index in [2.05, 4.69) is 0 Å². The Kier molecular flexibility index (Phi) is 4.23. The zero-order valence-corrected chi connectivity index (χ0v) is 10.7. The smallest absolute Gasteiger partial charge is 0.126 e. The zero-order valence-electron chi connectivity index (χ0n) is 10.7. The Morgan fingerprint density at radius 3 is 2.32 bits per heavy atom. The summed E-state index contributed by atoms with van der Waals surface area (Å²) in [6.45, 7) is 2.66. The molecule has 2 N–H and O–H groups in total. The predicted octanol–water partition coefficient (Wildman–Crippen LogP) is 3.17. The molecule has 3 nitrogen and oxygen atoms in total. The number of aryl methyl sites for hydroxylation is 1. The van der Waals surface area contributed by atoms with E-state index in [1.807, 2.05) is 19.1 Å². The van der Waals surface area contributed by atoms with Gasteiger partial charge in [0, 0.05) is 17.8 Å². The predicted molar refractivity (Wildman–Crippen MR) is 73.0 cm³/mol. The molecule has 0 bridgehead atoms. The third-order valence-electron chi connectivity index (χ3n) is 2.67. The third kappa shape index (κ3) is 3.88. The van der Waals surface area contributed by atoms with Crippen molar-refractivity contribution in [3.05, 3.63) is 53.8 Å². The van der Waals surface area contributed by atoms with Crippen LogP contribution in [-0.4, -0.2) is 13.2 Å². The first kappa shape index (κ1) is 13.2. The van der Waals surface area contributed by atoms with Crippen LogP contribution < -0.4 is 15.2 Å². The Morgan fingerprint density at radius 2 is 1.68 bits per heavy atom. The second kappa shape index (κ2) is 6.09. The lowest BCUT2D eigenvalue weighted by molar-refractivity contribution is 0.216. The van der Waals surface area contributed by atoms with Crippen LogP contribution in [0.1, 0.15) is 5.56 Å². The van der Waals surface area contributed by atoms with Gasteiger partial charge in [0.2, 0.25) is 0 Å². The second-order valence-electron chi connectivity index (χ2n) is 4.17. The van der Waals surface area contributed by atoms with Crippen LogP contribution in [0.4, 0.5) is 10.1 Å². The van der Waals surface area contributed by atoms with Crippen molar-refractivity contribution in [2.24, 2.45) is 0 Å². The molecule has 19 heavy (non-hydrogen) atoms. The summed E-state index contributed by atoms with van der Waals surface area (Å²) >= 11 is 0. The monoisotopic (exact) mass is 261 g/mol. The number of nitrogens with two attached hydrogens (primary N) is 1. The Bertz CT molecular complexity index is 558. The summed E-state index contributed by atoms with van der Waals surface area (Å²) in [5.41, 5.74) is 7.49. The van der Waals surface area contributed by atoms with E-state index in [4.69, 9.17) is 15.2 Å². The van der Waals surface area contributed by atoms with Crippen LogP contribution in [0.25, 0.3) is 0 Å². The van der Waals surface area contributed by atoms with Crippen LogP contribution in [0, 0.1) is 12.7 Å². The Balaban J connectivity index is 1.79. The van der Waals surface area contributed by atoms with E-state index in [9.17, 15) is 4.39 Å². The lowest BCUT2D eigenvalue weighted by Gasteiger charge is -2.09. The first-order chi connectivity index (χ1) is 9.15. The van der Waals surface area contributed by atoms with Crippen molar-refractivity contribution >= 4 is 5.69 Å². The van der Waals surface area contributed by atoms with Gasteiger partial charge in [-0.1, -0.05) is 12.1 Å². The fraction of sp³-hybridized carbons (Fsp3) is 0.200. The minimum Gasteiger partial charge on any atom is -0.490 e. The molecule has 2 aromatic carbocycles. The molecule has 100 valence electrons. The van der Waals surface area contributed by atoms with Crippen molar-refractivity contribution < 1.29 is 13.9 Å². The summed E-state index contributed by atoms with van der Waals surface area (Å²) in [7, 11) is 0. The Morgan fingerprint density at radius 1 is 1.00 bits per heavy atom. The summed E-state index contributed by atoms with van der Waals surface area (Å²) in [4.78, 5) is 0. The van der Waals surface area contributed by atoms with Crippen LogP contribution in [0.15, 0.2) is 42.5 Å². The van der Waals surface area contributed by atoms with Gasteiger partial charge in [0.15, 0.2) is 0 Å². The maximum Gasteiger partial charge on any atom is 0.126 e. The molecular formula is C15H16FNO2. The first-order valence-corrected chi connectivity index (χ1v) is 6.02. The summed E-state index contributed by atoms with van der Waals surface area (Å²) in [6.07, 6.45) is 0. The largest absolute Gasteiger partial charge is 0.490 e. The van der Waals surface area contributed by atoms with Gasteiger partial charge in [-0.3, -0.25) is 0 Å². The lowest BCUT2D eigenvalue weighted by Crippen LogP contribution is -2.09. The number of hydrogen-bond donors (Lipinski definition) is 1. The number of anilines is 1. The van der Waals surface area contributed by atoms with Gasteiger partial charge in [-0.25, -0.2) is 4.39 Å². The number of ether oxygens (including phenoxy) is 2. The van der Waals surface area contributed by atoms with E-state index in [0.717, 1.165) is 5.56 Å². The van der Waals surface area contributed by atoms with Gasteiger partial charge in [-0.15, -0.1) is 0 Å². The highest BCUT2D eigenvalue weighted by molar-refractivity contribution is 5.50. The minimum absolute atomic E-state index is 0.315. The number of nitrogen functional groups attached to an aromatic ring is 1. The molecule has 0 aliphatic carbocycles. The summed E-state index contributed by atoms with van der Waals surface area (Å²) in [6, 6.07) is 11.5. The molecule has 2 rings (SSSR count). The van der Waals surface area contributed by atoms with E-state index in [-0.39, 0.29) is 5.82 Å². The summed E-state index contributed by atoms with van der Waals surface area (Å²) < 4.78 is 23.8. The van der Waals surface area contributed by atoms with Crippen molar-refractivity contribution in [2.45, 2.75) is 6.92 Å². The average molecular weight is 261 g/mol. The lowest BCUT2D eigenvalue weighted by atomic mass is 10.2. The van der Waals surface area contributed by atoms with E-state index in [0.29, 0.717) is 30.4 Å². The third-order valence-corrected chi connectivity index (χ3v) is 2.67. The van der Waals surface area contributed by atoms with Crippen molar-refractivity contribution in [3.63, 3.8) is 0 Å². The van der Waals surface area contributed by atoms with Gasteiger partial charge in [-0.05, 0) is 30.7 Å². The highest BCUT2D eigenvalue weighted by Gasteiger charge is 1.99. The molecule has 0 amide bonds. The SMILES string of the molecule is Cc1ccc(OCCOc2cccc(F)c2)cc1N.